The number of carbonyl (C=O) groups excluding carboxylic acids is 3. The summed E-state index contributed by atoms with van der Waals surface area (Å²) >= 11 is 0. The summed E-state index contributed by atoms with van der Waals surface area (Å²) in [6.45, 7) is 4.60. The lowest BCUT2D eigenvalue weighted by Gasteiger charge is -2.32. The van der Waals surface area contributed by atoms with Crippen LogP contribution < -0.4 is 14.8 Å². The number of allylic oxidation sites excluding steroid dienone is 1. The van der Waals surface area contributed by atoms with Gasteiger partial charge in [-0.15, -0.1) is 0 Å². The predicted molar refractivity (Wildman–Crippen MR) is 149 cm³/mol. The highest BCUT2D eigenvalue weighted by molar-refractivity contribution is 5.97. The van der Waals surface area contributed by atoms with Crippen molar-refractivity contribution < 1.29 is 23.9 Å². The standard InChI is InChI=1S/C31H29N3O5/c1-21-28(12-11-26-27(22-7-4-3-5-8-22)18-25(19-35)39-30(21)26)38-20-29(36)32-24-10-6-9-23(17-24)31(37)34-15-13-33(2)14-16-34/h3-12,17-18H,13-16,20H2,1-2H3,(H,32,36). The molecule has 0 aromatic heterocycles. The van der Waals surface area contributed by atoms with Gasteiger partial charge in [-0.3, -0.25) is 9.59 Å². The largest absolute Gasteiger partial charge is 0.483 e. The van der Waals surface area contributed by atoms with Gasteiger partial charge >= 0.3 is 0 Å². The van der Waals surface area contributed by atoms with E-state index in [1.165, 1.54) is 0 Å². The van der Waals surface area contributed by atoms with E-state index in [1.807, 2.05) is 61.2 Å². The average molecular weight is 524 g/mol. The zero-order valence-electron chi connectivity index (χ0n) is 21.9. The number of carbonyl (C=O) groups is 2. The summed E-state index contributed by atoms with van der Waals surface area (Å²) in [7, 11) is 2.04. The minimum atomic E-state index is -0.365. The van der Waals surface area contributed by atoms with Gasteiger partial charge in [0, 0.05) is 54.6 Å². The van der Waals surface area contributed by atoms with Crippen LogP contribution in [-0.2, 0) is 9.59 Å². The van der Waals surface area contributed by atoms with Gasteiger partial charge in [-0.05, 0) is 55.4 Å². The van der Waals surface area contributed by atoms with E-state index in [-0.39, 0.29) is 24.2 Å². The summed E-state index contributed by atoms with van der Waals surface area (Å²) in [6.07, 6.45) is 1.67. The molecule has 2 aliphatic heterocycles. The smallest absolute Gasteiger partial charge is 0.262 e. The lowest BCUT2D eigenvalue weighted by atomic mass is 9.93. The van der Waals surface area contributed by atoms with Crippen molar-refractivity contribution in [2.75, 3.05) is 45.2 Å². The van der Waals surface area contributed by atoms with Crippen LogP contribution in [0.1, 0.15) is 27.0 Å². The minimum Gasteiger partial charge on any atom is -0.483 e. The molecule has 0 spiro atoms. The average Bonchev–Trinajstić information content (AvgIpc) is 2.97. The molecule has 0 bridgehead atoms. The summed E-state index contributed by atoms with van der Waals surface area (Å²) in [5.41, 5.74) is 4.31. The van der Waals surface area contributed by atoms with Crippen molar-refractivity contribution >= 4 is 29.0 Å². The molecule has 3 aromatic carbocycles. The molecule has 8 heteroatoms. The molecule has 1 fully saturated rings. The normalized spacial score (nSPS) is 15.0. The van der Waals surface area contributed by atoms with E-state index >= 15 is 0 Å². The van der Waals surface area contributed by atoms with E-state index in [0.29, 0.717) is 41.4 Å². The molecule has 39 heavy (non-hydrogen) atoms. The lowest BCUT2D eigenvalue weighted by Crippen LogP contribution is -2.47. The minimum absolute atomic E-state index is 0.0483. The van der Waals surface area contributed by atoms with Crippen LogP contribution in [-0.4, -0.2) is 67.4 Å². The molecule has 0 radical (unpaired) electrons. The number of benzene rings is 3. The van der Waals surface area contributed by atoms with Gasteiger partial charge in [-0.1, -0.05) is 36.4 Å². The summed E-state index contributed by atoms with van der Waals surface area (Å²) in [5.74, 6) is 2.45. The molecular weight excluding hydrogens is 494 g/mol. The van der Waals surface area contributed by atoms with E-state index in [0.717, 1.165) is 29.8 Å². The molecule has 8 nitrogen and oxygen atoms in total. The van der Waals surface area contributed by atoms with Crippen molar-refractivity contribution in [2.24, 2.45) is 0 Å². The van der Waals surface area contributed by atoms with Crippen molar-refractivity contribution in [3.8, 4) is 11.5 Å². The number of amides is 2. The molecular formula is C31H29N3O5. The number of piperazine rings is 1. The number of nitrogens with zero attached hydrogens (tertiary/aromatic N) is 2. The summed E-state index contributed by atoms with van der Waals surface area (Å²) in [5, 5.41) is 2.81. The highest BCUT2D eigenvalue weighted by Crippen LogP contribution is 2.42. The molecule has 198 valence electrons. The second kappa shape index (κ2) is 11.4. The van der Waals surface area contributed by atoms with Gasteiger partial charge in [0.05, 0.1) is 0 Å². The lowest BCUT2D eigenvalue weighted by molar-refractivity contribution is -0.118. The first-order chi connectivity index (χ1) is 18.9. The molecule has 5 rings (SSSR count). The van der Waals surface area contributed by atoms with E-state index < -0.39 is 0 Å². The van der Waals surface area contributed by atoms with Crippen molar-refractivity contribution in [1.82, 2.24) is 9.80 Å². The zero-order valence-corrected chi connectivity index (χ0v) is 21.9. The van der Waals surface area contributed by atoms with Gasteiger partial charge in [-0.2, -0.15) is 0 Å². The van der Waals surface area contributed by atoms with Gasteiger partial charge in [-0.25, -0.2) is 4.79 Å². The Bertz CT molecular complexity index is 1480. The molecule has 0 aliphatic carbocycles. The molecule has 0 atom stereocenters. The Morgan fingerprint density at radius 1 is 1.00 bits per heavy atom. The number of hydrogen-bond acceptors (Lipinski definition) is 6. The van der Waals surface area contributed by atoms with E-state index in [9.17, 15) is 14.4 Å². The number of fused-ring (bicyclic) bond motifs is 1. The molecule has 1 N–H and O–H groups in total. The Hall–Kier alpha value is -4.65. The van der Waals surface area contributed by atoms with Gasteiger partial charge in [0.25, 0.3) is 11.8 Å². The van der Waals surface area contributed by atoms with Crippen LogP contribution in [0, 0.1) is 6.92 Å². The number of rotatable bonds is 6. The van der Waals surface area contributed by atoms with Crippen LogP contribution >= 0.6 is 0 Å². The maximum absolute atomic E-state index is 12.9. The van der Waals surface area contributed by atoms with Gasteiger partial charge < -0.3 is 24.6 Å². The molecule has 1 saturated heterocycles. The molecule has 2 aliphatic rings. The summed E-state index contributed by atoms with van der Waals surface area (Å²) < 4.78 is 11.6. The number of nitrogens with one attached hydrogen (secondary N) is 1. The van der Waals surface area contributed by atoms with E-state index in [2.05, 4.69) is 10.2 Å². The summed E-state index contributed by atoms with van der Waals surface area (Å²) in [4.78, 5) is 41.1. The highest BCUT2D eigenvalue weighted by atomic mass is 16.5. The molecule has 0 saturated carbocycles. The summed E-state index contributed by atoms with van der Waals surface area (Å²) in [6, 6.07) is 20.3. The van der Waals surface area contributed by atoms with Crippen molar-refractivity contribution in [3.05, 3.63) is 101 Å². The van der Waals surface area contributed by atoms with Gasteiger partial charge in [0.1, 0.15) is 11.5 Å². The fraction of sp³-hybridized carbons (Fsp3) is 0.226. The molecule has 3 aromatic rings. The van der Waals surface area contributed by atoms with Crippen molar-refractivity contribution in [2.45, 2.75) is 6.92 Å². The second-order valence-corrected chi connectivity index (χ2v) is 9.57. The van der Waals surface area contributed by atoms with Gasteiger partial charge in [0.15, 0.2) is 12.5 Å². The Balaban J connectivity index is 1.26. The third-order valence-electron chi connectivity index (χ3n) is 6.86. The monoisotopic (exact) mass is 523 g/mol. The molecule has 0 unspecified atom stereocenters. The van der Waals surface area contributed by atoms with Crippen molar-refractivity contribution in [1.29, 1.82) is 0 Å². The topological polar surface area (TPSA) is 88.2 Å². The number of anilines is 1. The second-order valence-electron chi connectivity index (χ2n) is 9.57. The van der Waals surface area contributed by atoms with Crippen LogP contribution in [0.2, 0.25) is 0 Å². The van der Waals surface area contributed by atoms with E-state index in [1.54, 1.807) is 36.4 Å². The first-order valence-electron chi connectivity index (χ1n) is 12.8. The third-order valence-corrected chi connectivity index (χ3v) is 6.86. The van der Waals surface area contributed by atoms with Crippen LogP contribution in [0.4, 0.5) is 5.69 Å². The fourth-order valence-electron chi connectivity index (χ4n) is 4.69. The number of hydrogen-bond donors (Lipinski definition) is 1. The number of likely N-dealkylation sites (N-methyl/N-ethyl adjacent to an activating group) is 1. The highest BCUT2D eigenvalue weighted by Gasteiger charge is 2.24. The molecule has 2 heterocycles. The maximum Gasteiger partial charge on any atom is 0.262 e. The predicted octanol–water partition coefficient (Wildman–Crippen LogP) is 3.94. The first-order valence-corrected chi connectivity index (χ1v) is 12.8. The Labute approximate surface area is 227 Å². The Morgan fingerprint density at radius 3 is 2.51 bits per heavy atom. The molecule has 2 amide bonds. The maximum atomic E-state index is 12.9. The van der Waals surface area contributed by atoms with E-state index in [4.69, 9.17) is 9.47 Å². The SMILES string of the molecule is Cc1c(OCC(=O)Nc2cccc(C(=O)N3CCN(C)CC3)c2)ccc2c1OC(=C=O)C=C2c1ccccc1. The van der Waals surface area contributed by atoms with Crippen LogP contribution in [0.5, 0.6) is 11.5 Å². The van der Waals surface area contributed by atoms with Crippen LogP contribution in [0.15, 0.2) is 78.6 Å². The van der Waals surface area contributed by atoms with Crippen LogP contribution in [0.3, 0.4) is 0 Å². The third kappa shape index (κ3) is 5.77. The first kappa shape index (κ1) is 26.0. The zero-order chi connectivity index (χ0) is 27.4. The fourth-order valence-corrected chi connectivity index (χ4v) is 4.69. The number of ether oxygens (including phenoxy) is 2. The Morgan fingerprint density at radius 2 is 1.77 bits per heavy atom. The van der Waals surface area contributed by atoms with Crippen molar-refractivity contribution in [3.63, 3.8) is 0 Å². The van der Waals surface area contributed by atoms with Crippen LogP contribution in [0.25, 0.3) is 5.57 Å². The quantitative estimate of drug-likeness (QED) is 0.493. The Kier molecular flexibility index (Phi) is 7.59. The van der Waals surface area contributed by atoms with Gasteiger partial charge in [0.2, 0.25) is 5.76 Å².